The molecule has 7 heteroatoms. The van der Waals surface area contributed by atoms with Crippen molar-refractivity contribution >= 4 is 17.4 Å². The zero-order valence-corrected chi connectivity index (χ0v) is 10.6. The van der Waals surface area contributed by atoms with Crippen LogP contribution in [0.15, 0.2) is 34.1 Å². The highest BCUT2D eigenvalue weighted by Gasteiger charge is 2.18. The first-order valence-electron chi connectivity index (χ1n) is 5.24. The number of nitrogen functional groups attached to an aromatic ring is 1. The largest absolute Gasteiger partial charge is 0.396 e. The lowest BCUT2D eigenvalue weighted by atomic mass is 10.2. The molecule has 0 fully saturated rings. The highest BCUT2D eigenvalue weighted by molar-refractivity contribution is 7.99. The molecule has 20 heavy (non-hydrogen) atoms. The molecule has 0 unspecified atom stereocenters. The van der Waals surface area contributed by atoms with E-state index in [-0.39, 0.29) is 10.5 Å². The average molecular weight is 298 g/mol. The van der Waals surface area contributed by atoms with Crippen LogP contribution in [0, 0.1) is 34.6 Å². The Hall–Kier alpha value is -2.20. The molecule has 2 N–H and O–H groups in total. The number of hydrogen-bond acceptors (Lipinski definition) is 3. The molecule has 0 saturated carbocycles. The summed E-state index contributed by atoms with van der Waals surface area (Å²) in [5.74, 6) is -4.55. The van der Waals surface area contributed by atoms with Crippen molar-refractivity contribution in [2.75, 3.05) is 5.73 Å². The fraction of sp³-hybridized carbons (Fsp3) is 0. The van der Waals surface area contributed by atoms with Gasteiger partial charge in [0.25, 0.3) is 0 Å². The number of rotatable bonds is 2. The van der Waals surface area contributed by atoms with Crippen LogP contribution in [0.2, 0.25) is 0 Å². The van der Waals surface area contributed by atoms with E-state index >= 15 is 0 Å². The van der Waals surface area contributed by atoms with Crippen molar-refractivity contribution in [2.24, 2.45) is 0 Å². The van der Waals surface area contributed by atoms with Crippen molar-refractivity contribution in [3.63, 3.8) is 0 Å². The fourth-order valence-electron chi connectivity index (χ4n) is 1.46. The second-order valence-electron chi connectivity index (χ2n) is 3.76. The number of nitrogens with two attached hydrogens (primary N) is 1. The van der Waals surface area contributed by atoms with Crippen LogP contribution >= 0.6 is 11.8 Å². The molecule has 0 aromatic heterocycles. The zero-order valence-electron chi connectivity index (χ0n) is 9.75. The minimum atomic E-state index is -1.42. The highest BCUT2D eigenvalue weighted by atomic mass is 32.2. The predicted molar refractivity (Wildman–Crippen MR) is 66.0 cm³/mol. The molecule has 0 aliphatic heterocycles. The first-order valence-corrected chi connectivity index (χ1v) is 6.06. The van der Waals surface area contributed by atoms with Gasteiger partial charge in [-0.15, -0.1) is 0 Å². The van der Waals surface area contributed by atoms with Crippen molar-refractivity contribution in [2.45, 2.75) is 9.79 Å². The number of nitriles is 1. The van der Waals surface area contributed by atoms with Crippen molar-refractivity contribution in [1.82, 2.24) is 0 Å². The zero-order chi connectivity index (χ0) is 14.9. The number of halogens is 4. The predicted octanol–water partition coefficient (Wildman–Crippen LogP) is 3.85. The van der Waals surface area contributed by atoms with Gasteiger partial charge in [-0.05, 0) is 18.2 Å². The van der Waals surface area contributed by atoms with Gasteiger partial charge in [0.05, 0.1) is 16.1 Å². The first kappa shape index (κ1) is 14.2. The molecule has 0 aliphatic carbocycles. The van der Waals surface area contributed by atoms with Crippen molar-refractivity contribution in [3.8, 4) is 6.07 Å². The van der Waals surface area contributed by atoms with E-state index in [2.05, 4.69) is 0 Å². The number of nitrogens with zero attached hydrogens (tertiary/aromatic N) is 1. The van der Waals surface area contributed by atoms with E-state index in [1.165, 1.54) is 6.07 Å². The molecular weight excluding hydrogens is 292 g/mol. The summed E-state index contributed by atoms with van der Waals surface area (Å²) in [5.41, 5.74) is 4.18. The molecule has 0 bridgehead atoms. The third-order valence-electron chi connectivity index (χ3n) is 2.42. The van der Waals surface area contributed by atoms with E-state index in [1.54, 1.807) is 6.07 Å². The maximum atomic E-state index is 13.6. The van der Waals surface area contributed by atoms with Crippen LogP contribution in [0.3, 0.4) is 0 Å². The van der Waals surface area contributed by atoms with Gasteiger partial charge in [0, 0.05) is 11.0 Å². The molecule has 2 nitrogen and oxygen atoms in total. The summed E-state index contributed by atoms with van der Waals surface area (Å²) in [4.78, 5) is -0.405. The second kappa shape index (κ2) is 5.43. The smallest absolute Gasteiger partial charge is 0.183 e. The minimum Gasteiger partial charge on any atom is -0.396 e. The molecule has 0 saturated heterocycles. The molecule has 0 spiro atoms. The Morgan fingerprint density at radius 1 is 1.00 bits per heavy atom. The van der Waals surface area contributed by atoms with E-state index in [9.17, 15) is 17.6 Å². The molecule has 0 radical (unpaired) electrons. The lowest BCUT2D eigenvalue weighted by Crippen LogP contribution is -1.99. The maximum absolute atomic E-state index is 13.6. The molecule has 102 valence electrons. The number of hydrogen-bond donors (Lipinski definition) is 1. The minimum absolute atomic E-state index is 0.199. The standard InChI is InChI=1S/C13H6F4N2S/c14-8-2-1-7(3-6(8)5-18)20-13-9(15)4-10(19)11(16)12(13)17/h1-4H,19H2. The summed E-state index contributed by atoms with van der Waals surface area (Å²) in [7, 11) is 0. The van der Waals surface area contributed by atoms with Gasteiger partial charge in [-0.1, -0.05) is 11.8 Å². The summed E-state index contributed by atoms with van der Waals surface area (Å²) in [6.45, 7) is 0. The quantitative estimate of drug-likeness (QED) is 0.520. The molecular formula is C13H6F4N2S. The van der Waals surface area contributed by atoms with E-state index in [0.29, 0.717) is 17.8 Å². The molecule has 2 aromatic carbocycles. The van der Waals surface area contributed by atoms with Crippen LogP contribution < -0.4 is 5.73 Å². The summed E-state index contributed by atoms with van der Waals surface area (Å²) >= 11 is 0.539. The Labute approximate surface area is 115 Å². The van der Waals surface area contributed by atoms with E-state index < -0.39 is 33.9 Å². The van der Waals surface area contributed by atoms with Crippen LogP contribution in [-0.4, -0.2) is 0 Å². The molecule has 2 rings (SSSR count). The van der Waals surface area contributed by atoms with Gasteiger partial charge in [-0.2, -0.15) is 5.26 Å². The van der Waals surface area contributed by atoms with Crippen LogP contribution in [-0.2, 0) is 0 Å². The third kappa shape index (κ3) is 2.56. The van der Waals surface area contributed by atoms with Crippen LogP contribution in [0.25, 0.3) is 0 Å². The van der Waals surface area contributed by atoms with Gasteiger partial charge in [-0.3, -0.25) is 0 Å². The van der Waals surface area contributed by atoms with Gasteiger partial charge in [0.15, 0.2) is 11.6 Å². The van der Waals surface area contributed by atoms with Gasteiger partial charge in [0.2, 0.25) is 0 Å². The van der Waals surface area contributed by atoms with Crippen LogP contribution in [0.5, 0.6) is 0 Å². The van der Waals surface area contributed by atoms with Gasteiger partial charge in [-0.25, -0.2) is 17.6 Å². The van der Waals surface area contributed by atoms with Gasteiger partial charge < -0.3 is 5.73 Å². The number of anilines is 1. The summed E-state index contributed by atoms with van der Waals surface area (Å²) in [6, 6.07) is 5.60. The van der Waals surface area contributed by atoms with Crippen LogP contribution in [0.1, 0.15) is 5.56 Å². The van der Waals surface area contributed by atoms with E-state index in [1.807, 2.05) is 0 Å². The molecule has 0 aliphatic rings. The number of benzene rings is 2. The fourth-order valence-corrected chi connectivity index (χ4v) is 2.35. The van der Waals surface area contributed by atoms with Gasteiger partial charge in [0.1, 0.15) is 17.7 Å². The average Bonchev–Trinajstić information content (AvgIpc) is 2.43. The van der Waals surface area contributed by atoms with E-state index in [0.717, 1.165) is 12.1 Å². The Kier molecular flexibility index (Phi) is 3.86. The lowest BCUT2D eigenvalue weighted by Gasteiger charge is -2.08. The molecule has 0 heterocycles. The molecule has 2 aromatic rings. The Bertz CT molecular complexity index is 725. The topological polar surface area (TPSA) is 49.8 Å². The molecule has 0 atom stereocenters. The molecule has 0 amide bonds. The summed E-state index contributed by atoms with van der Waals surface area (Å²) in [5, 5.41) is 8.67. The first-order chi connectivity index (χ1) is 9.43. The van der Waals surface area contributed by atoms with Gasteiger partial charge >= 0.3 is 0 Å². The van der Waals surface area contributed by atoms with Crippen molar-refractivity contribution in [3.05, 3.63) is 53.1 Å². The third-order valence-corrected chi connectivity index (χ3v) is 3.49. The highest BCUT2D eigenvalue weighted by Crippen LogP contribution is 2.35. The second-order valence-corrected chi connectivity index (χ2v) is 4.84. The normalized spacial score (nSPS) is 10.3. The van der Waals surface area contributed by atoms with E-state index in [4.69, 9.17) is 11.0 Å². The Morgan fingerprint density at radius 2 is 1.70 bits per heavy atom. The SMILES string of the molecule is N#Cc1cc(Sc2c(F)cc(N)c(F)c2F)ccc1F. The summed E-state index contributed by atoms with van der Waals surface area (Å²) in [6.07, 6.45) is 0. The van der Waals surface area contributed by atoms with Crippen molar-refractivity contribution < 1.29 is 17.6 Å². The monoisotopic (exact) mass is 298 g/mol. The lowest BCUT2D eigenvalue weighted by molar-refractivity contribution is 0.471. The van der Waals surface area contributed by atoms with Crippen molar-refractivity contribution in [1.29, 1.82) is 5.26 Å². The van der Waals surface area contributed by atoms with Crippen LogP contribution in [0.4, 0.5) is 23.2 Å². The Balaban J connectivity index is 2.46. The Morgan fingerprint density at radius 3 is 2.35 bits per heavy atom. The summed E-state index contributed by atoms with van der Waals surface area (Å²) < 4.78 is 53.6. The maximum Gasteiger partial charge on any atom is 0.183 e.